The number of amides is 4. The first-order chi connectivity index (χ1) is 14.5. The largest absolute Gasteiger partial charge is 0.497 e. The molecule has 2 aromatic carbocycles. The molecular formula is C22H21N3O5. The molecule has 1 fully saturated rings. The topological polar surface area (TPSA) is 87.2 Å². The van der Waals surface area contributed by atoms with Gasteiger partial charge in [-0.1, -0.05) is 12.1 Å². The molecule has 154 valence electrons. The van der Waals surface area contributed by atoms with Crippen molar-refractivity contribution >= 4 is 24.1 Å². The Bertz CT molecular complexity index is 1010. The van der Waals surface area contributed by atoms with E-state index in [0.717, 1.165) is 12.0 Å². The molecule has 2 aliphatic heterocycles. The van der Waals surface area contributed by atoms with Gasteiger partial charge < -0.3 is 14.5 Å². The van der Waals surface area contributed by atoms with E-state index in [1.54, 1.807) is 53.3 Å². The van der Waals surface area contributed by atoms with Crippen molar-refractivity contribution in [3.63, 3.8) is 0 Å². The Kier molecular flexibility index (Phi) is 5.22. The minimum Gasteiger partial charge on any atom is -0.497 e. The van der Waals surface area contributed by atoms with Crippen molar-refractivity contribution < 1.29 is 23.9 Å². The zero-order valence-corrected chi connectivity index (χ0v) is 16.5. The second-order valence-electron chi connectivity index (χ2n) is 7.24. The monoisotopic (exact) mass is 407 g/mol. The van der Waals surface area contributed by atoms with Crippen LogP contribution in [0.4, 0.5) is 0 Å². The highest BCUT2D eigenvalue weighted by molar-refractivity contribution is 6.22. The fourth-order valence-corrected chi connectivity index (χ4v) is 3.69. The average molecular weight is 407 g/mol. The Morgan fingerprint density at radius 3 is 2.27 bits per heavy atom. The second-order valence-corrected chi connectivity index (χ2v) is 7.24. The molecule has 4 amide bonds. The summed E-state index contributed by atoms with van der Waals surface area (Å²) in [6.45, 7) is 1.98. The maximum absolute atomic E-state index is 12.9. The highest BCUT2D eigenvalue weighted by atomic mass is 16.5. The first-order valence-corrected chi connectivity index (χ1v) is 9.63. The number of imide groups is 1. The third kappa shape index (κ3) is 3.52. The van der Waals surface area contributed by atoms with Crippen molar-refractivity contribution in [3.05, 3.63) is 64.7 Å². The van der Waals surface area contributed by atoms with Crippen LogP contribution >= 0.6 is 0 Å². The van der Waals surface area contributed by atoms with Crippen LogP contribution in [-0.4, -0.2) is 72.1 Å². The van der Waals surface area contributed by atoms with Gasteiger partial charge in [-0.15, -0.1) is 0 Å². The number of benzene rings is 2. The van der Waals surface area contributed by atoms with E-state index in [4.69, 9.17) is 4.74 Å². The minimum absolute atomic E-state index is 0.146. The van der Waals surface area contributed by atoms with E-state index in [9.17, 15) is 19.2 Å². The Morgan fingerprint density at radius 2 is 1.63 bits per heavy atom. The molecule has 8 heteroatoms. The van der Waals surface area contributed by atoms with Crippen LogP contribution in [-0.2, 0) is 11.3 Å². The fourth-order valence-electron chi connectivity index (χ4n) is 3.69. The van der Waals surface area contributed by atoms with E-state index >= 15 is 0 Å². The van der Waals surface area contributed by atoms with Crippen molar-refractivity contribution in [1.29, 1.82) is 0 Å². The Morgan fingerprint density at radius 1 is 0.967 bits per heavy atom. The van der Waals surface area contributed by atoms with E-state index in [1.807, 2.05) is 0 Å². The maximum atomic E-state index is 12.9. The Hall–Kier alpha value is -3.68. The molecule has 4 rings (SSSR count). The Balaban J connectivity index is 1.51. The molecule has 0 aliphatic carbocycles. The van der Waals surface area contributed by atoms with Gasteiger partial charge in [-0.05, 0) is 35.9 Å². The lowest BCUT2D eigenvalue weighted by molar-refractivity contribution is -0.119. The van der Waals surface area contributed by atoms with Crippen molar-refractivity contribution in [2.75, 3.05) is 33.3 Å². The first-order valence-electron chi connectivity index (χ1n) is 9.63. The van der Waals surface area contributed by atoms with E-state index in [0.29, 0.717) is 43.1 Å². The SMILES string of the molecule is COc1ccc(CN2C(=O)c3ccc(C(=O)N4CCN(C=O)CC4)cc3C2=O)cc1. The number of piperazine rings is 1. The lowest BCUT2D eigenvalue weighted by atomic mass is 10.0. The number of rotatable bonds is 5. The van der Waals surface area contributed by atoms with Crippen LogP contribution < -0.4 is 4.74 Å². The maximum Gasteiger partial charge on any atom is 0.261 e. The molecule has 0 saturated carbocycles. The predicted molar refractivity (Wildman–Crippen MR) is 107 cm³/mol. The molecule has 0 N–H and O–H groups in total. The van der Waals surface area contributed by atoms with Crippen molar-refractivity contribution in [1.82, 2.24) is 14.7 Å². The number of hydrogen-bond donors (Lipinski definition) is 0. The lowest BCUT2D eigenvalue weighted by Crippen LogP contribution is -2.48. The second kappa shape index (κ2) is 7.98. The van der Waals surface area contributed by atoms with Crippen molar-refractivity contribution in [2.45, 2.75) is 6.54 Å². The molecule has 0 spiro atoms. The van der Waals surface area contributed by atoms with E-state index in [1.165, 1.54) is 11.0 Å². The van der Waals surface area contributed by atoms with Crippen LogP contribution in [0.2, 0.25) is 0 Å². The number of carbonyl (C=O) groups excluding carboxylic acids is 4. The van der Waals surface area contributed by atoms with E-state index < -0.39 is 5.91 Å². The lowest BCUT2D eigenvalue weighted by Gasteiger charge is -2.32. The highest BCUT2D eigenvalue weighted by Crippen LogP contribution is 2.26. The van der Waals surface area contributed by atoms with Crippen molar-refractivity contribution in [3.8, 4) is 5.75 Å². The number of hydrogen-bond acceptors (Lipinski definition) is 5. The molecule has 0 atom stereocenters. The molecule has 1 saturated heterocycles. The summed E-state index contributed by atoms with van der Waals surface area (Å²) in [6.07, 6.45) is 0.777. The van der Waals surface area contributed by atoms with Crippen LogP contribution in [0.5, 0.6) is 5.75 Å². The summed E-state index contributed by atoms with van der Waals surface area (Å²) in [5.74, 6) is -0.300. The molecule has 0 bridgehead atoms. The van der Waals surface area contributed by atoms with Crippen LogP contribution in [0.25, 0.3) is 0 Å². The third-order valence-electron chi connectivity index (χ3n) is 5.47. The van der Waals surface area contributed by atoms with Crippen LogP contribution in [0.15, 0.2) is 42.5 Å². The van der Waals surface area contributed by atoms with Crippen LogP contribution in [0.1, 0.15) is 36.6 Å². The molecular weight excluding hydrogens is 386 g/mol. The van der Waals surface area contributed by atoms with Gasteiger partial charge in [0.15, 0.2) is 0 Å². The molecule has 2 heterocycles. The highest BCUT2D eigenvalue weighted by Gasteiger charge is 2.36. The van der Waals surface area contributed by atoms with Gasteiger partial charge in [-0.25, -0.2) is 0 Å². The molecule has 0 radical (unpaired) electrons. The number of ether oxygens (including phenoxy) is 1. The number of nitrogens with zero attached hydrogens (tertiary/aromatic N) is 3. The van der Waals surface area contributed by atoms with Gasteiger partial charge in [0.25, 0.3) is 17.7 Å². The number of methoxy groups -OCH3 is 1. The molecule has 2 aliphatic rings. The Labute approximate surface area is 173 Å². The summed E-state index contributed by atoms with van der Waals surface area (Å²) in [5.41, 5.74) is 1.71. The van der Waals surface area contributed by atoms with Gasteiger partial charge >= 0.3 is 0 Å². The normalized spacial score (nSPS) is 16.0. The van der Waals surface area contributed by atoms with Gasteiger partial charge in [-0.3, -0.25) is 24.1 Å². The number of fused-ring (bicyclic) bond motifs is 1. The molecule has 30 heavy (non-hydrogen) atoms. The van der Waals surface area contributed by atoms with Crippen molar-refractivity contribution in [2.24, 2.45) is 0 Å². The van der Waals surface area contributed by atoms with Crippen LogP contribution in [0.3, 0.4) is 0 Å². The molecule has 0 aromatic heterocycles. The zero-order chi connectivity index (χ0) is 21.3. The van der Waals surface area contributed by atoms with Gasteiger partial charge in [-0.2, -0.15) is 0 Å². The van der Waals surface area contributed by atoms with E-state index in [2.05, 4.69) is 0 Å². The molecule has 2 aromatic rings. The molecule has 8 nitrogen and oxygen atoms in total. The summed E-state index contributed by atoms with van der Waals surface area (Å²) >= 11 is 0. The average Bonchev–Trinajstić information content (AvgIpc) is 3.03. The predicted octanol–water partition coefficient (Wildman–Crippen LogP) is 1.41. The van der Waals surface area contributed by atoms with Crippen LogP contribution in [0, 0.1) is 0 Å². The minimum atomic E-state index is -0.411. The molecule has 0 unspecified atom stereocenters. The quantitative estimate of drug-likeness (QED) is 0.552. The van der Waals surface area contributed by atoms with Gasteiger partial charge in [0.05, 0.1) is 24.8 Å². The zero-order valence-electron chi connectivity index (χ0n) is 16.5. The summed E-state index contributed by atoms with van der Waals surface area (Å²) in [5, 5.41) is 0. The fraction of sp³-hybridized carbons (Fsp3) is 0.273. The standard InChI is InChI=1S/C22H21N3O5/c1-30-17-5-2-15(3-6-17)13-25-21(28)18-7-4-16(12-19(18)22(25)29)20(27)24-10-8-23(14-26)9-11-24/h2-7,12,14H,8-11,13H2,1H3. The smallest absolute Gasteiger partial charge is 0.261 e. The van der Waals surface area contributed by atoms with E-state index in [-0.39, 0.29) is 23.9 Å². The van der Waals surface area contributed by atoms with Gasteiger partial charge in [0.1, 0.15) is 5.75 Å². The third-order valence-corrected chi connectivity index (χ3v) is 5.47. The summed E-state index contributed by atoms with van der Waals surface area (Å²) < 4.78 is 5.13. The van der Waals surface area contributed by atoms with Gasteiger partial charge in [0, 0.05) is 31.7 Å². The van der Waals surface area contributed by atoms with Gasteiger partial charge in [0.2, 0.25) is 6.41 Å². The first kappa shape index (κ1) is 19.6. The summed E-state index contributed by atoms with van der Waals surface area (Å²) in [6, 6.07) is 11.8. The summed E-state index contributed by atoms with van der Waals surface area (Å²) in [4.78, 5) is 53.7. The number of carbonyl (C=O) groups is 4. The summed E-state index contributed by atoms with van der Waals surface area (Å²) in [7, 11) is 1.57.